The molecule has 0 saturated heterocycles. The summed E-state index contributed by atoms with van der Waals surface area (Å²) in [5.74, 6) is -2.43. The van der Waals surface area contributed by atoms with Crippen molar-refractivity contribution in [2.24, 2.45) is 17.3 Å². The molecule has 0 amide bonds. The van der Waals surface area contributed by atoms with Crippen molar-refractivity contribution in [1.29, 1.82) is 0 Å². The lowest BCUT2D eigenvalue weighted by molar-refractivity contribution is -0.181. The van der Waals surface area contributed by atoms with Gasteiger partial charge in [-0.05, 0) is 38.3 Å². The van der Waals surface area contributed by atoms with Crippen molar-refractivity contribution in [2.45, 2.75) is 25.9 Å². The normalized spacial score (nSPS) is 34.1. The number of allylic oxidation sites excluding steroid dienone is 1. The van der Waals surface area contributed by atoms with Crippen LogP contribution in [0.4, 0.5) is 0 Å². The van der Waals surface area contributed by atoms with Crippen LogP contribution >= 0.6 is 0 Å². The monoisotopic (exact) mass is 356 g/mol. The summed E-state index contributed by atoms with van der Waals surface area (Å²) in [6.07, 6.45) is 0.340. The molecule has 2 aliphatic carbocycles. The summed E-state index contributed by atoms with van der Waals surface area (Å²) in [6.45, 7) is 3.75. The van der Waals surface area contributed by atoms with Crippen LogP contribution < -0.4 is 4.74 Å². The zero-order valence-corrected chi connectivity index (χ0v) is 15.1. The SMILES string of the molecule is COC(=O)C1C2CC3(C(=O)c4ccccc4OC13C(=O)OC)C(C)=C2C. The minimum Gasteiger partial charge on any atom is -0.472 e. The fraction of sp³-hybridized carbons (Fsp3) is 0.450. The number of hydrogen-bond acceptors (Lipinski definition) is 6. The lowest BCUT2D eigenvalue weighted by atomic mass is 9.59. The number of hydrogen-bond donors (Lipinski definition) is 0. The van der Waals surface area contributed by atoms with Gasteiger partial charge in [0.1, 0.15) is 17.1 Å². The highest BCUT2D eigenvalue weighted by atomic mass is 16.6. The highest BCUT2D eigenvalue weighted by Crippen LogP contribution is 2.69. The quantitative estimate of drug-likeness (QED) is 0.598. The largest absolute Gasteiger partial charge is 0.472 e. The van der Waals surface area contributed by atoms with Crippen LogP contribution in [0.2, 0.25) is 0 Å². The summed E-state index contributed by atoms with van der Waals surface area (Å²) in [4.78, 5) is 39.4. The van der Waals surface area contributed by atoms with Gasteiger partial charge in [-0.1, -0.05) is 23.3 Å². The first-order valence-corrected chi connectivity index (χ1v) is 8.53. The molecule has 1 fully saturated rings. The first kappa shape index (κ1) is 16.8. The predicted molar refractivity (Wildman–Crippen MR) is 90.6 cm³/mol. The van der Waals surface area contributed by atoms with Crippen LogP contribution in [0.1, 0.15) is 30.6 Å². The third kappa shape index (κ3) is 1.56. The number of para-hydroxylation sites is 1. The molecule has 6 heteroatoms. The standard InChI is InChI=1S/C20H20O6/c1-10-11(2)19-9-13(10)15(17(22)24-3)20(19,18(23)25-4)26-14-8-6-5-7-12(14)16(19)21/h5-8,13,15H,9H2,1-4H3. The summed E-state index contributed by atoms with van der Waals surface area (Å²) < 4.78 is 16.3. The summed E-state index contributed by atoms with van der Waals surface area (Å²) in [6, 6.07) is 6.81. The number of ketones is 1. The second-order valence-electron chi connectivity index (χ2n) is 7.18. The van der Waals surface area contributed by atoms with Crippen molar-refractivity contribution < 1.29 is 28.6 Å². The van der Waals surface area contributed by atoms with Crippen molar-refractivity contribution in [3.05, 3.63) is 41.0 Å². The van der Waals surface area contributed by atoms with Gasteiger partial charge in [0.05, 0.1) is 19.8 Å². The van der Waals surface area contributed by atoms with Crippen LogP contribution in [-0.2, 0) is 19.1 Å². The van der Waals surface area contributed by atoms with Crippen molar-refractivity contribution in [1.82, 2.24) is 0 Å². The van der Waals surface area contributed by atoms with E-state index in [2.05, 4.69) is 0 Å². The molecule has 1 aromatic carbocycles. The first-order chi connectivity index (χ1) is 12.4. The highest BCUT2D eigenvalue weighted by molar-refractivity contribution is 6.13. The molecule has 0 radical (unpaired) electrons. The molecule has 1 spiro atoms. The maximum absolute atomic E-state index is 13.6. The zero-order valence-electron chi connectivity index (χ0n) is 15.1. The number of fused-ring (bicyclic) bond motifs is 2. The van der Waals surface area contributed by atoms with Crippen LogP contribution in [0, 0.1) is 17.3 Å². The summed E-state index contributed by atoms with van der Waals surface area (Å²) in [5.41, 5.74) is -0.842. The predicted octanol–water partition coefficient (Wildman–Crippen LogP) is 2.32. The summed E-state index contributed by atoms with van der Waals surface area (Å²) in [5, 5.41) is 0. The van der Waals surface area contributed by atoms with Gasteiger partial charge in [-0.3, -0.25) is 9.59 Å². The number of methoxy groups -OCH3 is 2. The Morgan fingerprint density at radius 3 is 2.50 bits per heavy atom. The van der Waals surface area contributed by atoms with E-state index in [1.165, 1.54) is 14.2 Å². The lowest BCUT2D eigenvalue weighted by Crippen LogP contribution is -2.67. The van der Waals surface area contributed by atoms with Gasteiger partial charge in [-0.15, -0.1) is 0 Å². The minimum absolute atomic E-state index is 0.199. The van der Waals surface area contributed by atoms with Crippen molar-refractivity contribution in [3.8, 4) is 5.75 Å². The van der Waals surface area contributed by atoms with Crippen molar-refractivity contribution in [2.75, 3.05) is 14.2 Å². The van der Waals surface area contributed by atoms with Gasteiger partial charge < -0.3 is 14.2 Å². The maximum atomic E-state index is 13.6. The Bertz CT molecular complexity index is 884. The van der Waals surface area contributed by atoms with E-state index >= 15 is 0 Å². The third-order valence-corrected chi connectivity index (χ3v) is 6.52. The number of benzene rings is 1. The number of carbonyl (C=O) groups is 3. The molecule has 1 heterocycles. The van der Waals surface area contributed by atoms with Gasteiger partial charge in [-0.25, -0.2) is 4.79 Å². The Balaban J connectivity index is 2.08. The Hall–Kier alpha value is -2.63. The second-order valence-corrected chi connectivity index (χ2v) is 7.18. The molecule has 136 valence electrons. The van der Waals surface area contributed by atoms with Gasteiger partial charge in [0, 0.05) is 0 Å². The molecular weight excluding hydrogens is 336 g/mol. The maximum Gasteiger partial charge on any atom is 0.352 e. The van der Waals surface area contributed by atoms with Crippen LogP contribution in [0.3, 0.4) is 0 Å². The topological polar surface area (TPSA) is 78.9 Å². The number of esters is 2. The number of rotatable bonds is 2. The van der Waals surface area contributed by atoms with Gasteiger partial charge in [-0.2, -0.15) is 0 Å². The molecule has 4 atom stereocenters. The van der Waals surface area contributed by atoms with Crippen molar-refractivity contribution >= 4 is 17.7 Å². The van der Waals surface area contributed by atoms with Gasteiger partial charge in [0.25, 0.3) is 0 Å². The van der Waals surface area contributed by atoms with Gasteiger partial charge >= 0.3 is 11.9 Å². The van der Waals surface area contributed by atoms with E-state index < -0.39 is 28.9 Å². The molecule has 0 aromatic heterocycles. The van der Waals surface area contributed by atoms with Crippen LogP contribution in [0.5, 0.6) is 5.75 Å². The highest BCUT2D eigenvalue weighted by Gasteiger charge is 2.81. The third-order valence-electron chi connectivity index (χ3n) is 6.52. The fourth-order valence-corrected chi connectivity index (χ4v) is 5.28. The Labute approximate surface area is 151 Å². The van der Waals surface area contributed by atoms with E-state index in [-0.39, 0.29) is 11.7 Å². The molecular formula is C20H20O6. The molecule has 1 aromatic rings. The van der Waals surface area contributed by atoms with Crippen molar-refractivity contribution in [3.63, 3.8) is 0 Å². The molecule has 3 aliphatic rings. The summed E-state index contributed by atoms with van der Waals surface area (Å²) >= 11 is 0. The van der Waals surface area contributed by atoms with E-state index in [0.29, 0.717) is 17.7 Å². The van der Waals surface area contributed by atoms with E-state index in [0.717, 1.165) is 11.1 Å². The van der Waals surface area contributed by atoms with E-state index in [4.69, 9.17) is 14.2 Å². The number of carbonyl (C=O) groups excluding carboxylic acids is 3. The fourth-order valence-electron chi connectivity index (χ4n) is 5.28. The summed E-state index contributed by atoms with van der Waals surface area (Å²) in [7, 11) is 2.52. The van der Waals surface area contributed by atoms with Crippen LogP contribution in [0.15, 0.2) is 35.4 Å². The average molecular weight is 356 g/mol. The molecule has 2 bridgehead atoms. The number of Topliss-reactive ketones (excluding diaryl/α,β-unsaturated/α-hetero) is 1. The Morgan fingerprint density at radius 1 is 1.15 bits per heavy atom. The molecule has 0 N–H and O–H groups in total. The van der Waals surface area contributed by atoms with Gasteiger partial charge in [0.15, 0.2) is 5.78 Å². The van der Waals surface area contributed by atoms with Crippen LogP contribution in [-0.4, -0.2) is 37.5 Å². The smallest absolute Gasteiger partial charge is 0.352 e. The van der Waals surface area contributed by atoms with E-state index in [1.807, 2.05) is 13.8 Å². The Kier molecular flexibility index (Phi) is 3.36. The van der Waals surface area contributed by atoms with Gasteiger partial charge in [0.2, 0.25) is 5.60 Å². The zero-order chi connectivity index (χ0) is 18.9. The molecule has 26 heavy (non-hydrogen) atoms. The molecule has 4 rings (SSSR count). The minimum atomic E-state index is -1.74. The molecule has 6 nitrogen and oxygen atoms in total. The average Bonchev–Trinajstić information content (AvgIpc) is 3.11. The molecule has 1 saturated carbocycles. The lowest BCUT2D eigenvalue weighted by Gasteiger charge is -2.49. The first-order valence-electron chi connectivity index (χ1n) is 8.53. The molecule has 4 unspecified atom stereocenters. The Morgan fingerprint density at radius 2 is 1.85 bits per heavy atom. The second kappa shape index (κ2) is 5.19. The molecule has 1 aliphatic heterocycles. The van der Waals surface area contributed by atoms with E-state index in [1.54, 1.807) is 24.3 Å². The van der Waals surface area contributed by atoms with Crippen LogP contribution in [0.25, 0.3) is 0 Å². The van der Waals surface area contributed by atoms with E-state index in [9.17, 15) is 14.4 Å². The number of ether oxygens (including phenoxy) is 3.